The number of amides is 1. The van der Waals surface area contributed by atoms with E-state index in [0.29, 0.717) is 11.3 Å². The minimum atomic E-state index is -0.219. The molecular weight excluding hydrogens is 218 g/mol. The summed E-state index contributed by atoms with van der Waals surface area (Å²) in [6, 6.07) is 1.82. The number of carbonyl (C=O) groups excluding carboxylic acids is 1. The number of rotatable bonds is 3. The van der Waals surface area contributed by atoms with Crippen molar-refractivity contribution in [3.8, 4) is 0 Å². The molecule has 0 saturated heterocycles. The Bertz CT molecular complexity index is 521. The van der Waals surface area contributed by atoms with Gasteiger partial charge in [-0.15, -0.1) is 0 Å². The molecule has 17 heavy (non-hydrogen) atoms. The van der Waals surface area contributed by atoms with E-state index in [-0.39, 0.29) is 5.91 Å². The Hall–Kier alpha value is -2.37. The molecule has 0 unspecified atom stereocenters. The van der Waals surface area contributed by atoms with E-state index >= 15 is 0 Å². The average molecular weight is 231 g/mol. The van der Waals surface area contributed by atoms with Gasteiger partial charge in [-0.2, -0.15) is 5.10 Å². The predicted molar refractivity (Wildman–Crippen MR) is 65.1 cm³/mol. The molecule has 0 aliphatic rings. The van der Waals surface area contributed by atoms with Crippen LogP contribution >= 0.6 is 0 Å². The first-order chi connectivity index (χ1) is 8.20. The largest absolute Gasteiger partial charge is 0.387 e. The summed E-state index contributed by atoms with van der Waals surface area (Å²) in [6.45, 7) is 1.87. The molecular formula is C11H13N5O. The van der Waals surface area contributed by atoms with E-state index in [9.17, 15) is 4.79 Å². The van der Waals surface area contributed by atoms with Crippen LogP contribution in [0.3, 0.4) is 0 Å². The van der Waals surface area contributed by atoms with Crippen molar-refractivity contribution in [1.82, 2.24) is 15.2 Å². The lowest BCUT2D eigenvalue weighted by Crippen LogP contribution is -2.14. The van der Waals surface area contributed by atoms with Gasteiger partial charge in [0, 0.05) is 25.1 Å². The first-order valence-corrected chi connectivity index (χ1v) is 5.15. The quantitative estimate of drug-likeness (QED) is 0.745. The third kappa shape index (κ3) is 2.41. The summed E-state index contributed by atoms with van der Waals surface area (Å²) in [5, 5.41) is 12.1. The van der Waals surface area contributed by atoms with Crippen LogP contribution in [-0.2, 0) is 0 Å². The van der Waals surface area contributed by atoms with Crippen LogP contribution in [0.2, 0.25) is 0 Å². The number of carbonyl (C=O) groups is 1. The van der Waals surface area contributed by atoms with Crippen LogP contribution < -0.4 is 10.6 Å². The maximum absolute atomic E-state index is 12.0. The zero-order valence-corrected chi connectivity index (χ0v) is 9.61. The van der Waals surface area contributed by atoms with E-state index in [4.69, 9.17) is 0 Å². The maximum Gasteiger partial charge on any atom is 0.259 e. The summed E-state index contributed by atoms with van der Waals surface area (Å²) in [6.07, 6.45) is 4.70. The van der Waals surface area contributed by atoms with Gasteiger partial charge in [0.15, 0.2) is 0 Å². The lowest BCUT2D eigenvalue weighted by Gasteiger charge is -2.08. The Morgan fingerprint density at radius 3 is 2.88 bits per heavy atom. The molecule has 0 bridgehead atoms. The third-order valence-corrected chi connectivity index (χ3v) is 2.31. The van der Waals surface area contributed by atoms with Gasteiger partial charge in [-0.3, -0.25) is 14.9 Å². The minimum Gasteiger partial charge on any atom is -0.387 e. The number of nitrogens with one attached hydrogen (secondary N) is 3. The molecule has 0 spiro atoms. The zero-order chi connectivity index (χ0) is 12.3. The number of hydrogen-bond acceptors (Lipinski definition) is 4. The Balaban J connectivity index is 2.24. The third-order valence-electron chi connectivity index (χ3n) is 2.31. The molecule has 0 radical (unpaired) electrons. The first kappa shape index (κ1) is 11.1. The van der Waals surface area contributed by atoms with Gasteiger partial charge >= 0.3 is 0 Å². The van der Waals surface area contributed by atoms with Crippen molar-refractivity contribution in [2.45, 2.75) is 6.92 Å². The van der Waals surface area contributed by atoms with Gasteiger partial charge in [0.25, 0.3) is 5.91 Å². The number of anilines is 2. The highest BCUT2D eigenvalue weighted by Crippen LogP contribution is 2.16. The number of aromatic amines is 1. The van der Waals surface area contributed by atoms with E-state index in [2.05, 4.69) is 25.8 Å². The summed E-state index contributed by atoms with van der Waals surface area (Å²) in [5.41, 5.74) is 2.73. The molecule has 2 rings (SSSR count). The molecule has 0 atom stereocenters. The minimum absolute atomic E-state index is 0.219. The number of pyridine rings is 1. The van der Waals surface area contributed by atoms with Gasteiger partial charge in [0.05, 0.1) is 23.1 Å². The molecule has 0 fully saturated rings. The van der Waals surface area contributed by atoms with Gasteiger partial charge in [0.1, 0.15) is 0 Å². The highest BCUT2D eigenvalue weighted by Gasteiger charge is 2.12. The highest BCUT2D eigenvalue weighted by atomic mass is 16.1. The van der Waals surface area contributed by atoms with Crippen molar-refractivity contribution in [2.24, 2.45) is 0 Å². The molecule has 88 valence electrons. The fraction of sp³-hybridized carbons (Fsp3) is 0.182. The smallest absolute Gasteiger partial charge is 0.259 e. The van der Waals surface area contributed by atoms with Gasteiger partial charge in [-0.05, 0) is 13.0 Å². The van der Waals surface area contributed by atoms with E-state index < -0.39 is 0 Å². The monoisotopic (exact) mass is 231 g/mol. The molecule has 0 saturated carbocycles. The normalized spacial score (nSPS) is 10.0. The fourth-order valence-electron chi connectivity index (χ4n) is 1.47. The summed E-state index contributed by atoms with van der Waals surface area (Å²) in [7, 11) is 1.77. The predicted octanol–water partition coefficient (Wildman–Crippen LogP) is 1.41. The van der Waals surface area contributed by atoms with Crippen LogP contribution in [0.25, 0.3) is 0 Å². The molecule has 0 aromatic carbocycles. The Kier molecular flexibility index (Phi) is 3.04. The van der Waals surface area contributed by atoms with Crippen LogP contribution in [0.4, 0.5) is 11.4 Å². The van der Waals surface area contributed by atoms with Crippen molar-refractivity contribution < 1.29 is 4.79 Å². The van der Waals surface area contributed by atoms with Crippen LogP contribution in [0, 0.1) is 6.92 Å². The number of aromatic nitrogens is 3. The highest BCUT2D eigenvalue weighted by molar-refractivity contribution is 6.07. The van der Waals surface area contributed by atoms with Gasteiger partial charge in [-0.1, -0.05) is 0 Å². The van der Waals surface area contributed by atoms with Crippen molar-refractivity contribution in [3.63, 3.8) is 0 Å². The Morgan fingerprint density at radius 2 is 2.24 bits per heavy atom. The molecule has 2 heterocycles. The van der Waals surface area contributed by atoms with Crippen molar-refractivity contribution in [2.75, 3.05) is 17.7 Å². The second-order valence-electron chi connectivity index (χ2n) is 3.56. The van der Waals surface area contributed by atoms with E-state index in [1.807, 2.05) is 13.0 Å². The van der Waals surface area contributed by atoms with E-state index in [1.54, 1.807) is 25.6 Å². The maximum atomic E-state index is 12.0. The zero-order valence-electron chi connectivity index (χ0n) is 9.61. The van der Waals surface area contributed by atoms with Crippen LogP contribution in [0.5, 0.6) is 0 Å². The van der Waals surface area contributed by atoms with Crippen LogP contribution in [0.1, 0.15) is 16.1 Å². The lowest BCUT2D eigenvalue weighted by atomic mass is 10.2. The molecule has 0 aliphatic heterocycles. The standard InChI is InChI=1S/C11H13N5O/c1-7-3-10(12-2)9(6-13-7)11(17)16-8-4-14-15-5-8/h3-6H,1-2H3,(H,12,13)(H,14,15)(H,16,17). The molecule has 2 aromatic rings. The number of H-pyrrole nitrogens is 1. The molecule has 6 heteroatoms. The molecule has 6 nitrogen and oxygen atoms in total. The van der Waals surface area contributed by atoms with Crippen LogP contribution in [-0.4, -0.2) is 28.1 Å². The van der Waals surface area contributed by atoms with E-state index in [1.165, 1.54) is 0 Å². The fourth-order valence-corrected chi connectivity index (χ4v) is 1.47. The number of aryl methyl sites for hydroxylation is 1. The molecule has 0 aliphatic carbocycles. The Labute approximate surface area is 98.5 Å². The van der Waals surface area contributed by atoms with Gasteiger partial charge in [0.2, 0.25) is 0 Å². The van der Waals surface area contributed by atoms with Gasteiger partial charge < -0.3 is 10.6 Å². The van der Waals surface area contributed by atoms with Crippen LogP contribution in [0.15, 0.2) is 24.7 Å². The number of nitrogens with zero attached hydrogens (tertiary/aromatic N) is 2. The molecule has 2 aromatic heterocycles. The van der Waals surface area contributed by atoms with Crippen molar-refractivity contribution in [3.05, 3.63) is 35.9 Å². The summed E-state index contributed by atoms with van der Waals surface area (Å²) < 4.78 is 0. The van der Waals surface area contributed by atoms with E-state index in [0.717, 1.165) is 11.4 Å². The summed E-state index contributed by atoms with van der Waals surface area (Å²) in [5.74, 6) is -0.219. The SMILES string of the molecule is CNc1cc(C)ncc1C(=O)Nc1cn[nH]c1. The summed E-state index contributed by atoms with van der Waals surface area (Å²) >= 11 is 0. The summed E-state index contributed by atoms with van der Waals surface area (Å²) in [4.78, 5) is 16.1. The van der Waals surface area contributed by atoms with Crippen molar-refractivity contribution >= 4 is 17.3 Å². The topological polar surface area (TPSA) is 82.7 Å². The average Bonchev–Trinajstić information content (AvgIpc) is 2.81. The Morgan fingerprint density at radius 1 is 1.41 bits per heavy atom. The molecule has 3 N–H and O–H groups in total. The second-order valence-corrected chi connectivity index (χ2v) is 3.56. The first-order valence-electron chi connectivity index (χ1n) is 5.15. The lowest BCUT2D eigenvalue weighted by molar-refractivity contribution is 0.102. The second kappa shape index (κ2) is 4.65. The number of hydrogen-bond donors (Lipinski definition) is 3. The molecule has 1 amide bonds. The van der Waals surface area contributed by atoms with Gasteiger partial charge in [-0.25, -0.2) is 0 Å². The van der Waals surface area contributed by atoms with Crippen molar-refractivity contribution in [1.29, 1.82) is 0 Å².